The van der Waals surface area contributed by atoms with Gasteiger partial charge in [0, 0.05) is 31.6 Å². The van der Waals surface area contributed by atoms with Crippen molar-refractivity contribution in [2.24, 2.45) is 0 Å². The number of aliphatic hydroxyl groups is 1. The second-order valence-electron chi connectivity index (χ2n) is 9.99. The van der Waals surface area contributed by atoms with Crippen LogP contribution in [0.5, 0.6) is 0 Å². The van der Waals surface area contributed by atoms with E-state index in [1.807, 2.05) is 0 Å². The monoisotopic (exact) mass is 412 g/mol. The molecule has 2 atom stereocenters. The summed E-state index contributed by atoms with van der Waals surface area (Å²) in [5.41, 5.74) is 2.64. The number of rotatable bonds is 4. The molecule has 2 aliphatic heterocycles. The predicted molar refractivity (Wildman–Crippen MR) is 117 cm³/mol. The van der Waals surface area contributed by atoms with E-state index in [4.69, 9.17) is 9.51 Å². The Morgan fingerprint density at radius 3 is 2.30 bits per heavy atom. The minimum atomic E-state index is -0.162. The van der Waals surface area contributed by atoms with Crippen molar-refractivity contribution < 1.29 is 9.63 Å². The molecule has 0 spiro atoms. The summed E-state index contributed by atoms with van der Waals surface area (Å²) in [6.07, 6.45) is 3.60. The summed E-state index contributed by atoms with van der Waals surface area (Å²) in [5.74, 6) is 2.17. The fraction of sp³-hybridized carbons (Fsp3) is 0.667. The Kier molecular flexibility index (Phi) is 6.28. The van der Waals surface area contributed by atoms with Gasteiger partial charge in [-0.1, -0.05) is 57.1 Å². The highest BCUT2D eigenvalue weighted by atomic mass is 16.5. The molecule has 6 nitrogen and oxygen atoms in total. The van der Waals surface area contributed by atoms with E-state index in [-0.39, 0.29) is 17.4 Å². The lowest BCUT2D eigenvalue weighted by Crippen LogP contribution is -2.53. The van der Waals surface area contributed by atoms with Crippen molar-refractivity contribution in [3.8, 4) is 0 Å². The number of hydrogen-bond acceptors (Lipinski definition) is 6. The van der Waals surface area contributed by atoms with E-state index >= 15 is 0 Å². The third-order valence-electron chi connectivity index (χ3n) is 6.59. The van der Waals surface area contributed by atoms with E-state index in [0.717, 1.165) is 63.6 Å². The van der Waals surface area contributed by atoms with Crippen LogP contribution < -0.4 is 0 Å². The third kappa shape index (κ3) is 4.76. The zero-order valence-corrected chi connectivity index (χ0v) is 18.8. The van der Waals surface area contributed by atoms with Gasteiger partial charge in [-0.05, 0) is 42.7 Å². The number of hydrogen-bond donors (Lipinski definition) is 1. The molecule has 0 radical (unpaired) electrons. The van der Waals surface area contributed by atoms with Crippen LogP contribution in [-0.2, 0) is 11.8 Å². The average molecular weight is 413 g/mol. The van der Waals surface area contributed by atoms with Crippen LogP contribution in [0.2, 0.25) is 0 Å². The second-order valence-corrected chi connectivity index (χ2v) is 9.99. The first kappa shape index (κ1) is 21.5. The van der Waals surface area contributed by atoms with Crippen LogP contribution in [0.25, 0.3) is 0 Å². The maximum atomic E-state index is 9.94. The van der Waals surface area contributed by atoms with Gasteiger partial charge in [-0.25, -0.2) is 10.0 Å². The number of aromatic nitrogens is 2. The number of piperidine rings is 2. The van der Waals surface area contributed by atoms with Gasteiger partial charge in [-0.2, -0.15) is 4.98 Å². The van der Waals surface area contributed by atoms with Crippen molar-refractivity contribution in [2.45, 2.75) is 76.7 Å². The molecule has 0 bridgehead atoms. The Bertz CT molecular complexity index is 818. The molecule has 0 saturated carbocycles. The van der Waals surface area contributed by atoms with Crippen molar-refractivity contribution in [2.75, 3.05) is 26.2 Å². The molecular formula is C24H36N4O2. The Morgan fingerprint density at radius 1 is 1.03 bits per heavy atom. The van der Waals surface area contributed by atoms with Gasteiger partial charge < -0.3 is 9.63 Å². The Labute approximate surface area is 180 Å². The molecule has 0 aliphatic carbocycles. The van der Waals surface area contributed by atoms with Crippen molar-refractivity contribution in [1.82, 2.24) is 20.2 Å². The van der Waals surface area contributed by atoms with Crippen LogP contribution >= 0.6 is 0 Å². The average Bonchev–Trinajstić information content (AvgIpc) is 3.25. The minimum absolute atomic E-state index is 0.117. The first-order valence-electron chi connectivity index (χ1n) is 11.4. The maximum Gasteiger partial charge on any atom is 0.231 e. The zero-order chi connectivity index (χ0) is 21.3. The molecule has 2 saturated heterocycles. The molecule has 164 valence electrons. The molecule has 1 aromatic carbocycles. The lowest BCUT2D eigenvalue weighted by atomic mass is 9.84. The van der Waals surface area contributed by atoms with Gasteiger partial charge in [-0.15, -0.1) is 0 Å². The highest BCUT2D eigenvalue weighted by Gasteiger charge is 2.36. The molecule has 1 N–H and O–H groups in total. The molecule has 4 rings (SSSR count). The molecule has 1 aromatic heterocycles. The summed E-state index contributed by atoms with van der Waals surface area (Å²) < 4.78 is 5.76. The SMILES string of the molecule is CCc1ccc(C2CC(c3nc(C(C)(C)C)no3)CN(N3CCC(O)CC3)C2)cc1. The Balaban J connectivity index is 1.58. The lowest BCUT2D eigenvalue weighted by molar-refractivity contribution is -0.0845. The highest BCUT2D eigenvalue weighted by Crippen LogP contribution is 2.37. The summed E-state index contributed by atoms with van der Waals surface area (Å²) in [6, 6.07) is 9.09. The van der Waals surface area contributed by atoms with Crippen LogP contribution in [0.1, 0.15) is 81.6 Å². The summed E-state index contributed by atoms with van der Waals surface area (Å²) in [6.45, 7) is 12.3. The van der Waals surface area contributed by atoms with Crippen LogP contribution in [0.4, 0.5) is 0 Å². The van der Waals surface area contributed by atoms with E-state index in [1.54, 1.807) is 0 Å². The molecule has 2 fully saturated rings. The minimum Gasteiger partial charge on any atom is -0.393 e. The zero-order valence-electron chi connectivity index (χ0n) is 18.8. The van der Waals surface area contributed by atoms with Gasteiger partial charge in [0.15, 0.2) is 5.82 Å². The molecular weight excluding hydrogens is 376 g/mol. The van der Waals surface area contributed by atoms with Crippen molar-refractivity contribution in [1.29, 1.82) is 0 Å². The predicted octanol–water partition coefficient (Wildman–Crippen LogP) is 3.87. The first-order valence-corrected chi connectivity index (χ1v) is 11.4. The number of hydrazine groups is 1. The largest absolute Gasteiger partial charge is 0.393 e. The van der Waals surface area contributed by atoms with Crippen LogP contribution in [0.3, 0.4) is 0 Å². The summed E-state index contributed by atoms with van der Waals surface area (Å²) in [4.78, 5) is 4.79. The quantitative estimate of drug-likeness (QED) is 0.822. The van der Waals surface area contributed by atoms with E-state index in [0.29, 0.717) is 5.92 Å². The van der Waals surface area contributed by atoms with Crippen molar-refractivity contribution in [3.63, 3.8) is 0 Å². The van der Waals surface area contributed by atoms with Crippen molar-refractivity contribution >= 4 is 0 Å². The summed E-state index contributed by atoms with van der Waals surface area (Å²) in [5, 5.41) is 19.1. The fourth-order valence-electron chi connectivity index (χ4n) is 4.59. The Morgan fingerprint density at radius 2 is 1.70 bits per heavy atom. The molecule has 2 unspecified atom stereocenters. The number of aryl methyl sites for hydroxylation is 1. The number of nitrogens with zero attached hydrogens (tertiary/aromatic N) is 4. The van der Waals surface area contributed by atoms with Gasteiger partial charge in [0.2, 0.25) is 5.89 Å². The van der Waals surface area contributed by atoms with Crippen molar-refractivity contribution in [3.05, 3.63) is 47.1 Å². The topological polar surface area (TPSA) is 65.6 Å². The second kappa shape index (κ2) is 8.77. The van der Waals surface area contributed by atoms with Crippen LogP contribution in [0.15, 0.2) is 28.8 Å². The summed E-state index contributed by atoms with van der Waals surface area (Å²) in [7, 11) is 0. The Hall–Kier alpha value is -1.76. The highest BCUT2D eigenvalue weighted by molar-refractivity contribution is 5.27. The number of aliphatic hydroxyl groups excluding tert-OH is 1. The first-order chi connectivity index (χ1) is 14.3. The van der Waals surface area contributed by atoms with E-state index in [1.165, 1.54) is 11.1 Å². The van der Waals surface area contributed by atoms with E-state index in [2.05, 4.69) is 67.1 Å². The lowest BCUT2D eigenvalue weighted by Gasteiger charge is -2.45. The van der Waals surface area contributed by atoms with Gasteiger partial charge in [-0.3, -0.25) is 0 Å². The molecule has 6 heteroatoms. The molecule has 2 aromatic rings. The van der Waals surface area contributed by atoms with Gasteiger partial charge >= 0.3 is 0 Å². The summed E-state index contributed by atoms with van der Waals surface area (Å²) >= 11 is 0. The third-order valence-corrected chi connectivity index (χ3v) is 6.59. The standard InChI is InChI=1S/C24H36N4O2/c1-5-17-6-8-18(9-7-17)19-14-20(22-25-23(26-30-22)24(2,3)4)16-28(15-19)27-12-10-21(29)11-13-27/h6-9,19-21,29H,5,10-16H2,1-4H3. The number of benzene rings is 1. The smallest absolute Gasteiger partial charge is 0.231 e. The molecule has 3 heterocycles. The normalized spacial score (nSPS) is 25.0. The fourth-order valence-corrected chi connectivity index (χ4v) is 4.59. The van der Waals surface area contributed by atoms with E-state index < -0.39 is 0 Å². The van der Waals surface area contributed by atoms with E-state index in [9.17, 15) is 5.11 Å². The molecule has 30 heavy (non-hydrogen) atoms. The molecule has 0 amide bonds. The van der Waals surface area contributed by atoms with Crippen LogP contribution in [-0.4, -0.2) is 57.5 Å². The maximum absolute atomic E-state index is 9.94. The van der Waals surface area contributed by atoms with Gasteiger partial charge in [0.1, 0.15) is 0 Å². The molecule has 2 aliphatic rings. The van der Waals surface area contributed by atoms with Gasteiger partial charge in [0.25, 0.3) is 0 Å². The van der Waals surface area contributed by atoms with Crippen LogP contribution in [0, 0.1) is 0 Å². The van der Waals surface area contributed by atoms with Gasteiger partial charge in [0.05, 0.1) is 12.0 Å².